The van der Waals surface area contributed by atoms with Gasteiger partial charge in [0.1, 0.15) is 0 Å². The molecule has 0 bridgehead atoms. The first-order chi connectivity index (χ1) is 14.1. The van der Waals surface area contributed by atoms with Crippen LogP contribution in [0.25, 0.3) is 0 Å². The highest BCUT2D eigenvalue weighted by molar-refractivity contribution is 7.13. The summed E-state index contributed by atoms with van der Waals surface area (Å²) in [4.78, 5) is 19.7. The molecule has 0 atom stereocenters. The number of piperidine rings is 1. The van der Waals surface area contributed by atoms with Crippen LogP contribution in [0.5, 0.6) is 11.5 Å². The number of nitrogens with zero attached hydrogens (tertiary/aromatic N) is 2. The Balaban J connectivity index is 1.61. The summed E-state index contributed by atoms with van der Waals surface area (Å²) < 4.78 is 11.4. The molecule has 2 heterocycles. The van der Waals surface area contributed by atoms with Crippen LogP contribution in [0.2, 0.25) is 0 Å². The molecule has 3 rings (SSSR count). The quantitative estimate of drug-likeness (QED) is 0.634. The molecule has 1 aliphatic heterocycles. The molecule has 1 aromatic carbocycles. The fraction of sp³-hybridized carbons (Fsp3) is 0.545. The maximum atomic E-state index is 12.7. The average Bonchev–Trinajstić information content (AvgIpc) is 3.15. The van der Waals surface area contributed by atoms with E-state index in [0.29, 0.717) is 35.4 Å². The Morgan fingerprint density at radius 2 is 2.03 bits per heavy atom. The largest absolute Gasteiger partial charge is 0.490 e. The first-order valence-corrected chi connectivity index (χ1v) is 11.3. The van der Waals surface area contributed by atoms with Gasteiger partial charge in [-0.1, -0.05) is 13.8 Å². The van der Waals surface area contributed by atoms with Crippen LogP contribution in [0.15, 0.2) is 23.6 Å². The van der Waals surface area contributed by atoms with E-state index < -0.39 is 0 Å². The van der Waals surface area contributed by atoms with Crippen LogP contribution in [-0.4, -0.2) is 42.1 Å². The van der Waals surface area contributed by atoms with Gasteiger partial charge in [0.15, 0.2) is 16.6 Å². The molecule has 1 saturated heterocycles. The highest BCUT2D eigenvalue weighted by atomic mass is 32.1. The number of carbonyl (C=O) groups excluding carboxylic acids is 1. The number of ether oxygens (including phenoxy) is 2. The molecular formula is C22H31N3O3S. The molecule has 0 aliphatic carbocycles. The van der Waals surface area contributed by atoms with Gasteiger partial charge in [0, 0.05) is 17.5 Å². The second-order valence-corrected chi connectivity index (χ2v) is 8.36. The van der Waals surface area contributed by atoms with Gasteiger partial charge in [-0.15, -0.1) is 11.3 Å². The molecule has 0 spiro atoms. The van der Waals surface area contributed by atoms with Crippen molar-refractivity contribution >= 4 is 22.4 Å². The van der Waals surface area contributed by atoms with Gasteiger partial charge < -0.3 is 9.47 Å². The third-order valence-electron chi connectivity index (χ3n) is 5.00. The summed E-state index contributed by atoms with van der Waals surface area (Å²) in [6.45, 7) is 10.5. The van der Waals surface area contributed by atoms with Crippen molar-refractivity contribution < 1.29 is 14.3 Å². The van der Waals surface area contributed by atoms with Crippen LogP contribution in [0.4, 0.5) is 5.13 Å². The summed E-state index contributed by atoms with van der Waals surface area (Å²) in [7, 11) is 0. The van der Waals surface area contributed by atoms with Gasteiger partial charge in [0.2, 0.25) is 0 Å². The summed E-state index contributed by atoms with van der Waals surface area (Å²) in [5.41, 5.74) is 1.54. The SMILES string of the molecule is CCCOc1ccc(C(=O)Nc2nc(CN3CCC(C)CC3)cs2)cc1OCC. The molecule has 0 unspecified atom stereocenters. The van der Waals surface area contributed by atoms with E-state index >= 15 is 0 Å². The molecule has 1 amide bonds. The van der Waals surface area contributed by atoms with Crippen LogP contribution in [0.1, 0.15) is 56.1 Å². The Hall–Kier alpha value is -2.12. The minimum atomic E-state index is -0.194. The Morgan fingerprint density at radius 1 is 1.24 bits per heavy atom. The Kier molecular flexibility index (Phi) is 7.89. The minimum absolute atomic E-state index is 0.194. The minimum Gasteiger partial charge on any atom is -0.490 e. The van der Waals surface area contributed by atoms with Gasteiger partial charge in [-0.3, -0.25) is 15.0 Å². The number of likely N-dealkylation sites (tertiary alicyclic amines) is 1. The van der Waals surface area contributed by atoms with E-state index in [0.717, 1.165) is 37.7 Å². The number of carbonyl (C=O) groups is 1. The summed E-state index contributed by atoms with van der Waals surface area (Å²) >= 11 is 1.46. The molecule has 6 nitrogen and oxygen atoms in total. The lowest BCUT2D eigenvalue weighted by Crippen LogP contribution is -2.32. The second-order valence-electron chi connectivity index (χ2n) is 7.50. The predicted octanol–water partition coefficient (Wildman–Crippen LogP) is 4.81. The fourth-order valence-electron chi connectivity index (χ4n) is 3.30. The van der Waals surface area contributed by atoms with Crippen LogP contribution < -0.4 is 14.8 Å². The van der Waals surface area contributed by atoms with Crippen molar-refractivity contribution in [1.82, 2.24) is 9.88 Å². The zero-order valence-corrected chi connectivity index (χ0v) is 18.4. The number of anilines is 1. The fourth-order valence-corrected chi connectivity index (χ4v) is 4.00. The molecule has 7 heteroatoms. The van der Waals surface area contributed by atoms with Gasteiger partial charge in [-0.25, -0.2) is 4.98 Å². The third-order valence-corrected chi connectivity index (χ3v) is 5.81. The maximum Gasteiger partial charge on any atom is 0.257 e. The molecule has 1 N–H and O–H groups in total. The van der Waals surface area contributed by atoms with Crippen LogP contribution in [0, 0.1) is 5.92 Å². The van der Waals surface area contributed by atoms with Crippen molar-refractivity contribution in [3.8, 4) is 11.5 Å². The molecule has 1 aliphatic rings. The molecule has 2 aromatic rings. The van der Waals surface area contributed by atoms with Gasteiger partial charge in [0.05, 0.1) is 18.9 Å². The smallest absolute Gasteiger partial charge is 0.257 e. The van der Waals surface area contributed by atoms with Crippen LogP contribution in [0.3, 0.4) is 0 Å². The van der Waals surface area contributed by atoms with E-state index in [1.165, 1.54) is 24.2 Å². The molecule has 29 heavy (non-hydrogen) atoms. The van der Waals surface area contributed by atoms with Crippen molar-refractivity contribution in [1.29, 1.82) is 0 Å². The molecule has 1 aromatic heterocycles. The number of amides is 1. The molecule has 0 radical (unpaired) electrons. The van der Waals surface area contributed by atoms with Crippen molar-refractivity contribution in [3.63, 3.8) is 0 Å². The van der Waals surface area contributed by atoms with E-state index in [1.807, 2.05) is 12.3 Å². The Bertz CT molecular complexity index is 800. The lowest BCUT2D eigenvalue weighted by molar-refractivity contribution is 0.102. The van der Waals surface area contributed by atoms with Crippen molar-refractivity contribution in [3.05, 3.63) is 34.8 Å². The number of nitrogens with one attached hydrogen (secondary N) is 1. The third kappa shape index (κ3) is 6.18. The summed E-state index contributed by atoms with van der Waals surface area (Å²) in [6, 6.07) is 5.28. The van der Waals surface area contributed by atoms with E-state index in [2.05, 4.69) is 29.0 Å². The van der Waals surface area contributed by atoms with E-state index in [4.69, 9.17) is 9.47 Å². The molecule has 0 saturated carbocycles. The van der Waals surface area contributed by atoms with Gasteiger partial charge >= 0.3 is 0 Å². The number of benzene rings is 1. The predicted molar refractivity (Wildman–Crippen MR) is 117 cm³/mol. The Morgan fingerprint density at radius 3 is 2.76 bits per heavy atom. The number of hydrogen-bond donors (Lipinski definition) is 1. The number of rotatable bonds is 9. The highest BCUT2D eigenvalue weighted by Gasteiger charge is 2.18. The zero-order valence-electron chi connectivity index (χ0n) is 17.6. The van der Waals surface area contributed by atoms with Gasteiger partial charge in [-0.2, -0.15) is 0 Å². The average molecular weight is 418 g/mol. The second kappa shape index (κ2) is 10.6. The number of thiazole rings is 1. The first kappa shape index (κ1) is 21.6. The van der Waals surface area contributed by atoms with Crippen molar-refractivity contribution in [2.45, 2.75) is 46.6 Å². The monoisotopic (exact) mass is 417 g/mol. The number of hydrogen-bond acceptors (Lipinski definition) is 6. The topological polar surface area (TPSA) is 63.7 Å². The lowest BCUT2D eigenvalue weighted by atomic mass is 9.99. The van der Waals surface area contributed by atoms with Crippen molar-refractivity contribution in [2.75, 3.05) is 31.6 Å². The van der Waals surface area contributed by atoms with Crippen molar-refractivity contribution in [2.24, 2.45) is 5.92 Å². The summed E-state index contributed by atoms with van der Waals surface area (Å²) in [6.07, 6.45) is 3.40. The molecule has 158 valence electrons. The van der Waals surface area contributed by atoms with Gasteiger partial charge in [0.25, 0.3) is 5.91 Å². The normalized spacial score (nSPS) is 15.3. The highest BCUT2D eigenvalue weighted by Crippen LogP contribution is 2.29. The first-order valence-electron chi connectivity index (χ1n) is 10.5. The van der Waals surface area contributed by atoms with E-state index in [9.17, 15) is 4.79 Å². The number of aromatic nitrogens is 1. The summed E-state index contributed by atoms with van der Waals surface area (Å²) in [5, 5.41) is 5.56. The molecule has 1 fully saturated rings. The summed E-state index contributed by atoms with van der Waals surface area (Å²) in [5.74, 6) is 1.88. The standard InChI is InChI=1S/C22H31N3O3S/c1-4-12-28-19-7-6-17(13-20(19)27-5-2)21(26)24-22-23-18(15-29-22)14-25-10-8-16(3)9-11-25/h6-7,13,15-16H,4-5,8-12,14H2,1-3H3,(H,23,24,26). The van der Waals surface area contributed by atoms with E-state index in [-0.39, 0.29) is 5.91 Å². The Labute approximate surface area is 177 Å². The maximum absolute atomic E-state index is 12.7. The zero-order chi connectivity index (χ0) is 20.6. The van der Waals surface area contributed by atoms with Crippen LogP contribution in [-0.2, 0) is 6.54 Å². The van der Waals surface area contributed by atoms with E-state index in [1.54, 1.807) is 18.2 Å². The lowest BCUT2D eigenvalue weighted by Gasteiger charge is -2.29. The van der Waals surface area contributed by atoms with Gasteiger partial charge in [-0.05, 0) is 63.4 Å². The van der Waals surface area contributed by atoms with Crippen LogP contribution >= 0.6 is 11.3 Å². The molecular weight excluding hydrogens is 386 g/mol.